The first-order valence-corrected chi connectivity index (χ1v) is 6.84. The third kappa shape index (κ3) is 4.37. The minimum Gasteiger partial charge on any atom is -0.467 e. The molecule has 0 aromatic heterocycles. The Hall–Kier alpha value is -1.30. The lowest BCUT2D eigenvalue weighted by atomic mass is 9.99. The molecule has 0 aliphatic carbocycles. The van der Waals surface area contributed by atoms with Crippen molar-refractivity contribution in [2.24, 2.45) is 5.92 Å². The minimum atomic E-state index is -0.741. The van der Waals surface area contributed by atoms with Crippen molar-refractivity contribution >= 4 is 12.1 Å². The van der Waals surface area contributed by atoms with Crippen LogP contribution in [-0.4, -0.2) is 48.5 Å². The van der Waals surface area contributed by atoms with E-state index >= 15 is 0 Å². The van der Waals surface area contributed by atoms with E-state index in [1.807, 2.05) is 13.8 Å². The number of carbonyl (C=O) groups excluding carboxylic acids is 2. The molecule has 0 aromatic rings. The smallest absolute Gasteiger partial charge is 0.412 e. The van der Waals surface area contributed by atoms with Gasteiger partial charge in [-0.25, -0.2) is 9.59 Å². The van der Waals surface area contributed by atoms with E-state index in [4.69, 9.17) is 14.2 Å². The van der Waals surface area contributed by atoms with Crippen LogP contribution in [0.15, 0.2) is 0 Å². The Morgan fingerprint density at radius 1 is 1.35 bits per heavy atom. The molecule has 1 aliphatic heterocycles. The summed E-state index contributed by atoms with van der Waals surface area (Å²) in [5.41, 5.74) is -0.581. The second-order valence-corrected chi connectivity index (χ2v) is 6.39. The fourth-order valence-electron chi connectivity index (χ4n) is 2.11. The number of hydrogen-bond acceptors (Lipinski definition) is 5. The zero-order valence-electron chi connectivity index (χ0n) is 13.1. The third-order valence-electron chi connectivity index (χ3n) is 2.92. The molecule has 0 bridgehead atoms. The number of nitrogens with zero attached hydrogens (tertiary/aromatic N) is 1. The molecular formula is C14H25NO5. The monoisotopic (exact) mass is 287 g/mol. The van der Waals surface area contributed by atoms with Gasteiger partial charge in [0.2, 0.25) is 0 Å². The van der Waals surface area contributed by atoms with Crippen LogP contribution in [0.25, 0.3) is 0 Å². The summed E-state index contributed by atoms with van der Waals surface area (Å²) in [6, 6.07) is -0.350. The Labute approximate surface area is 120 Å². The number of hydrogen-bond donors (Lipinski definition) is 0. The van der Waals surface area contributed by atoms with E-state index in [9.17, 15) is 9.59 Å². The van der Waals surface area contributed by atoms with Crippen LogP contribution in [0.3, 0.4) is 0 Å². The van der Waals surface area contributed by atoms with Gasteiger partial charge >= 0.3 is 12.1 Å². The summed E-state index contributed by atoms with van der Waals surface area (Å²) >= 11 is 0. The second kappa shape index (κ2) is 6.43. The van der Waals surface area contributed by atoms with Gasteiger partial charge in [0.1, 0.15) is 12.3 Å². The molecular weight excluding hydrogens is 262 g/mol. The highest BCUT2D eigenvalue weighted by molar-refractivity contribution is 5.78. The van der Waals surface area contributed by atoms with E-state index in [-0.39, 0.29) is 12.8 Å². The Bertz CT molecular complexity index is 361. The predicted octanol–water partition coefficient (Wildman–Crippen LogP) is 2.17. The Morgan fingerprint density at radius 3 is 2.40 bits per heavy atom. The highest BCUT2D eigenvalue weighted by Gasteiger charge is 2.44. The van der Waals surface area contributed by atoms with Crippen LogP contribution in [0.1, 0.15) is 41.0 Å². The minimum absolute atomic E-state index is 0.0477. The Balaban J connectivity index is 2.84. The van der Waals surface area contributed by atoms with Gasteiger partial charge in [0.05, 0.1) is 13.2 Å². The lowest BCUT2D eigenvalue weighted by Gasteiger charge is -2.29. The van der Waals surface area contributed by atoms with Crippen molar-refractivity contribution in [1.82, 2.24) is 4.90 Å². The maximum atomic E-state index is 12.2. The van der Waals surface area contributed by atoms with Gasteiger partial charge in [0.15, 0.2) is 6.10 Å². The van der Waals surface area contributed by atoms with Crippen molar-refractivity contribution in [3.05, 3.63) is 0 Å². The summed E-state index contributed by atoms with van der Waals surface area (Å²) in [6.07, 6.45) is -0.552. The molecule has 1 amide bonds. The molecule has 1 saturated heterocycles. The number of esters is 1. The quantitative estimate of drug-likeness (QED) is 0.744. The summed E-state index contributed by atoms with van der Waals surface area (Å²) in [5, 5.41) is 0. The highest BCUT2D eigenvalue weighted by Crippen LogP contribution is 2.26. The van der Waals surface area contributed by atoms with Crippen molar-refractivity contribution in [3.8, 4) is 0 Å². The van der Waals surface area contributed by atoms with Crippen LogP contribution >= 0.6 is 0 Å². The molecule has 0 radical (unpaired) electrons. The molecule has 116 valence electrons. The summed E-state index contributed by atoms with van der Waals surface area (Å²) < 4.78 is 15.5. The molecule has 6 nitrogen and oxygen atoms in total. The van der Waals surface area contributed by atoms with Crippen LogP contribution < -0.4 is 0 Å². The number of ether oxygens (including phenoxy) is 3. The fourth-order valence-corrected chi connectivity index (χ4v) is 2.11. The third-order valence-corrected chi connectivity index (χ3v) is 2.92. The van der Waals surface area contributed by atoms with Gasteiger partial charge in [0, 0.05) is 0 Å². The van der Waals surface area contributed by atoms with Gasteiger partial charge in [-0.2, -0.15) is 0 Å². The average molecular weight is 287 g/mol. The van der Waals surface area contributed by atoms with Crippen LogP contribution in [0.5, 0.6) is 0 Å². The van der Waals surface area contributed by atoms with Gasteiger partial charge in [-0.1, -0.05) is 13.8 Å². The zero-order chi connectivity index (χ0) is 15.5. The first-order valence-electron chi connectivity index (χ1n) is 6.84. The Kier molecular flexibility index (Phi) is 5.39. The lowest BCUT2D eigenvalue weighted by Crippen LogP contribution is -2.45. The molecule has 2 atom stereocenters. The molecule has 20 heavy (non-hydrogen) atoms. The van der Waals surface area contributed by atoms with Gasteiger partial charge < -0.3 is 14.2 Å². The molecule has 1 rings (SSSR count). The summed E-state index contributed by atoms with van der Waals surface area (Å²) in [5.74, 6) is -0.138. The van der Waals surface area contributed by atoms with E-state index in [1.165, 1.54) is 12.0 Å². The molecule has 0 unspecified atom stereocenters. The van der Waals surface area contributed by atoms with Crippen molar-refractivity contribution in [2.45, 2.75) is 58.8 Å². The SMILES string of the molecule is COC(=O)[C@@H]1OCN(C(=O)OC(C)(C)C)[C@H]1CC(C)C. The second-order valence-electron chi connectivity index (χ2n) is 6.39. The van der Waals surface area contributed by atoms with E-state index in [0.717, 1.165) is 0 Å². The van der Waals surface area contributed by atoms with Crippen molar-refractivity contribution in [2.75, 3.05) is 13.8 Å². The van der Waals surface area contributed by atoms with E-state index in [2.05, 4.69) is 0 Å². The van der Waals surface area contributed by atoms with Crippen molar-refractivity contribution < 1.29 is 23.8 Å². The van der Waals surface area contributed by atoms with Crippen molar-refractivity contribution in [3.63, 3.8) is 0 Å². The van der Waals surface area contributed by atoms with Crippen LogP contribution in [0.4, 0.5) is 4.79 Å². The summed E-state index contributed by atoms with van der Waals surface area (Å²) in [4.78, 5) is 25.4. The highest BCUT2D eigenvalue weighted by atomic mass is 16.6. The number of rotatable bonds is 3. The predicted molar refractivity (Wildman–Crippen MR) is 73.1 cm³/mol. The van der Waals surface area contributed by atoms with Crippen molar-refractivity contribution in [1.29, 1.82) is 0 Å². The van der Waals surface area contributed by atoms with Crippen LogP contribution in [-0.2, 0) is 19.0 Å². The fraction of sp³-hybridized carbons (Fsp3) is 0.857. The standard InChI is InChI=1S/C14H25NO5/c1-9(2)7-10-11(12(16)18-6)19-8-15(10)13(17)20-14(3,4)5/h9-11H,7-8H2,1-6H3/t10-,11+/m0/s1. The molecule has 1 aliphatic rings. The van der Waals surface area contributed by atoms with Gasteiger partial charge in [0.25, 0.3) is 0 Å². The molecule has 0 saturated carbocycles. The zero-order valence-corrected chi connectivity index (χ0v) is 13.1. The molecule has 1 fully saturated rings. The summed E-state index contributed by atoms with van der Waals surface area (Å²) in [6.45, 7) is 9.51. The number of amides is 1. The molecule has 1 heterocycles. The molecule has 0 aromatic carbocycles. The Morgan fingerprint density at radius 2 is 1.95 bits per heavy atom. The molecule has 0 N–H and O–H groups in total. The van der Waals surface area contributed by atoms with Gasteiger partial charge in [-0.15, -0.1) is 0 Å². The average Bonchev–Trinajstić information content (AvgIpc) is 2.68. The number of carbonyl (C=O) groups is 2. The first kappa shape index (κ1) is 16.8. The van der Waals surface area contributed by atoms with E-state index < -0.39 is 23.8 Å². The summed E-state index contributed by atoms with van der Waals surface area (Å²) in [7, 11) is 1.31. The lowest BCUT2D eigenvalue weighted by molar-refractivity contribution is -0.151. The normalized spacial score (nSPS) is 23.1. The maximum absolute atomic E-state index is 12.2. The van der Waals surface area contributed by atoms with E-state index in [0.29, 0.717) is 12.3 Å². The molecule has 6 heteroatoms. The topological polar surface area (TPSA) is 65.1 Å². The number of methoxy groups -OCH3 is 1. The first-order chi connectivity index (χ1) is 9.15. The largest absolute Gasteiger partial charge is 0.467 e. The van der Waals surface area contributed by atoms with Gasteiger partial charge in [-0.05, 0) is 33.1 Å². The van der Waals surface area contributed by atoms with Gasteiger partial charge in [-0.3, -0.25) is 4.90 Å². The van der Waals surface area contributed by atoms with Crippen LogP contribution in [0.2, 0.25) is 0 Å². The maximum Gasteiger partial charge on any atom is 0.412 e. The molecule has 0 spiro atoms. The van der Waals surface area contributed by atoms with Crippen LogP contribution in [0, 0.1) is 5.92 Å². The van der Waals surface area contributed by atoms with E-state index in [1.54, 1.807) is 20.8 Å².